The van der Waals surface area contributed by atoms with Crippen molar-refractivity contribution in [1.82, 2.24) is 30.2 Å². The van der Waals surface area contributed by atoms with E-state index in [9.17, 15) is 9.59 Å². The number of hydrogen-bond donors (Lipinski definition) is 2. The van der Waals surface area contributed by atoms with Gasteiger partial charge in [-0.15, -0.1) is 0 Å². The Morgan fingerprint density at radius 2 is 1.84 bits per heavy atom. The molecule has 0 aliphatic carbocycles. The number of piperidine rings is 1. The van der Waals surface area contributed by atoms with Crippen LogP contribution in [0, 0.1) is 13.8 Å². The second-order valence-corrected chi connectivity index (χ2v) is 10.6. The number of aromatic nitrogens is 4. The standard InChI is InChI=1S/C29H32N6O2S/c1-19-7-8-24(28(37)30-14-10-22-17-32-25-6-4-3-5-23(22)25)27(33-19)21-11-15-35(16-12-21)26(36)18-38-29-31-13-9-20(2)34-29/h3-9,13,17,21,32H,10-12,14-16,18H2,1-2H3,(H,30,37). The molecule has 4 aromatic rings. The third-order valence-corrected chi connectivity index (χ3v) is 7.84. The van der Waals surface area contributed by atoms with Gasteiger partial charge in [0.25, 0.3) is 5.91 Å². The number of benzene rings is 1. The van der Waals surface area contributed by atoms with Crippen LogP contribution in [0.1, 0.15) is 51.8 Å². The first-order chi connectivity index (χ1) is 18.5. The number of para-hydroxylation sites is 1. The lowest BCUT2D eigenvalue weighted by molar-refractivity contribution is -0.129. The van der Waals surface area contributed by atoms with Gasteiger partial charge in [-0.25, -0.2) is 9.97 Å². The number of rotatable bonds is 8. The summed E-state index contributed by atoms with van der Waals surface area (Å²) < 4.78 is 0. The van der Waals surface area contributed by atoms with Crippen LogP contribution in [0.2, 0.25) is 0 Å². The summed E-state index contributed by atoms with van der Waals surface area (Å²) in [6, 6.07) is 13.8. The summed E-state index contributed by atoms with van der Waals surface area (Å²) in [6.45, 7) is 5.71. The highest BCUT2D eigenvalue weighted by Crippen LogP contribution is 2.30. The molecule has 1 saturated heterocycles. The fraction of sp³-hybridized carbons (Fsp3) is 0.345. The van der Waals surface area contributed by atoms with Crippen LogP contribution in [0.25, 0.3) is 10.9 Å². The molecule has 2 N–H and O–H groups in total. The minimum atomic E-state index is -0.0969. The van der Waals surface area contributed by atoms with E-state index in [1.165, 1.54) is 22.7 Å². The Bertz CT molecular complexity index is 1440. The van der Waals surface area contributed by atoms with E-state index in [2.05, 4.69) is 32.4 Å². The van der Waals surface area contributed by atoms with E-state index >= 15 is 0 Å². The van der Waals surface area contributed by atoms with Crippen molar-refractivity contribution in [3.8, 4) is 0 Å². The topological polar surface area (TPSA) is 104 Å². The third kappa shape index (κ3) is 6.05. The van der Waals surface area contributed by atoms with Gasteiger partial charge in [0.2, 0.25) is 5.91 Å². The van der Waals surface area contributed by atoms with E-state index in [1.54, 1.807) is 6.20 Å². The number of hydrogen-bond acceptors (Lipinski definition) is 6. The van der Waals surface area contributed by atoms with Crippen LogP contribution in [0.4, 0.5) is 0 Å². The first-order valence-corrected chi connectivity index (χ1v) is 14.0. The molecule has 1 aromatic carbocycles. The van der Waals surface area contributed by atoms with Gasteiger partial charge < -0.3 is 15.2 Å². The molecular formula is C29H32N6O2S. The molecule has 9 heteroatoms. The normalized spacial score (nSPS) is 14.1. The molecule has 4 heterocycles. The second-order valence-electron chi connectivity index (χ2n) is 9.68. The van der Waals surface area contributed by atoms with Crippen molar-refractivity contribution in [2.75, 3.05) is 25.4 Å². The average molecular weight is 529 g/mol. The van der Waals surface area contributed by atoms with Gasteiger partial charge in [-0.1, -0.05) is 30.0 Å². The number of nitrogens with one attached hydrogen (secondary N) is 2. The summed E-state index contributed by atoms with van der Waals surface area (Å²) in [4.78, 5) is 44.5. The first kappa shape index (κ1) is 25.9. The van der Waals surface area contributed by atoms with E-state index in [0.717, 1.165) is 41.9 Å². The maximum Gasteiger partial charge on any atom is 0.253 e. The fourth-order valence-corrected chi connectivity index (χ4v) is 5.72. The van der Waals surface area contributed by atoms with Crippen molar-refractivity contribution < 1.29 is 9.59 Å². The van der Waals surface area contributed by atoms with E-state index < -0.39 is 0 Å². The minimum absolute atomic E-state index is 0.0889. The lowest BCUT2D eigenvalue weighted by Gasteiger charge is -2.32. The summed E-state index contributed by atoms with van der Waals surface area (Å²) in [6.07, 6.45) is 6.03. The smallest absolute Gasteiger partial charge is 0.253 e. The zero-order valence-electron chi connectivity index (χ0n) is 21.7. The lowest BCUT2D eigenvalue weighted by Crippen LogP contribution is -2.39. The van der Waals surface area contributed by atoms with E-state index in [-0.39, 0.29) is 17.7 Å². The van der Waals surface area contributed by atoms with Crippen LogP contribution in [0.15, 0.2) is 60.0 Å². The molecule has 196 valence electrons. The van der Waals surface area contributed by atoms with Crippen LogP contribution in [0.5, 0.6) is 0 Å². The predicted octanol–water partition coefficient (Wildman–Crippen LogP) is 4.44. The summed E-state index contributed by atoms with van der Waals surface area (Å²) >= 11 is 1.37. The Balaban J connectivity index is 1.17. The largest absolute Gasteiger partial charge is 0.361 e. The zero-order valence-corrected chi connectivity index (χ0v) is 22.6. The number of aryl methyl sites for hydroxylation is 2. The highest BCUT2D eigenvalue weighted by molar-refractivity contribution is 7.99. The molecule has 5 rings (SSSR count). The van der Waals surface area contributed by atoms with Crippen LogP contribution in [-0.4, -0.2) is 62.0 Å². The maximum absolute atomic E-state index is 13.2. The SMILES string of the molecule is Cc1ccnc(SCC(=O)N2CCC(c3nc(C)ccc3C(=O)NCCc3c[nH]c4ccccc34)CC2)n1. The number of carbonyl (C=O) groups is 2. The molecule has 1 aliphatic rings. The summed E-state index contributed by atoms with van der Waals surface area (Å²) in [7, 11) is 0. The molecule has 38 heavy (non-hydrogen) atoms. The van der Waals surface area contributed by atoms with Crippen molar-refractivity contribution >= 4 is 34.5 Å². The lowest BCUT2D eigenvalue weighted by atomic mass is 9.89. The van der Waals surface area contributed by atoms with Gasteiger partial charge in [0.1, 0.15) is 0 Å². The predicted molar refractivity (Wildman–Crippen MR) is 149 cm³/mol. The van der Waals surface area contributed by atoms with Crippen LogP contribution in [0.3, 0.4) is 0 Å². The summed E-state index contributed by atoms with van der Waals surface area (Å²) in [5.74, 6) is 0.452. The molecule has 1 aliphatic heterocycles. The van der Waals surface area contributed by atoms with Crippen molar-refractivity contribution in [1.29, 1.82) is 0 Å². The van der Waals surface area contributed by atoms with Crippen molar-refractivity contribution in [2.24, 2.45) is 0 Å². The quantitative estimate of drug-likeness (QED) is 0.259. The van der Waals surface area contributed by atoms with E-state index in [1.807, 2.05) is 55.3 Å². The Kier molecular flexibility index (Phi) is 8.03. The molecule has 0 bridgehead atoms. The molecule has 1 fully saturated rings. The van der Waals surface area contributed by atoms with Gasteiger partial charge in [0.05, 0.1) is 17.0 Å². The molecular weight excluding hydrogens is 496 g/mol. The number of fused-ring (bicyclic) bond motifs is 1. The van der Waals surface area contributed by atoms with Crippen LogP contribution in [-0.2, 0) is 11.2 Å². The fourth-order valence-electron chi connectivity index (χ4n) is 4.94. The van der Waals surface area contributed by atoms with Crippen LogP contribution >= 0.6 is 11.8 Å². The first-order valence-electron chi connectivity index (χ1n) is 13.0. The minimum Gasteiger partial charge on any atom is -0.361 e. The molecule has 3 aromatic heterocycles. The van der Waals surface area contributed by atoms with Gasteiger partial charge in [0, 0.05) is 60.2 Å². The Labute approximate surface area is 226 Å². The van der Waals surface area contributed by atoms with E-state index in [0.29, 0.717) is 36.1 Å². The number of pyridine rings is 1. The molecule has 8 nitrogen and oxygen atoms in total. The number of carbonyl (C=O) groups excluding carboxylic acids is 2. The highest BCUT2D eigenvalue weighted by Gasteiger charge is 2.28. The number of likely N-dealkylation sites (tertiary alicyclic amines) is 1. The van der Waals surface area contributed by atoms with Gasteiger partial charge >= 0.3 is 0 Å². The van der Waals surface area contributed by atoms with Gasteiger partial charge in [-0.05, 0) is 62.9 Å². The molecule has 0 radical (unpaired) electrons. The molecule has 0 unspecified atom stereocenters. The molecule has 2 amide bonds. The maximum atomic E-state index is 13.2. The van der Waals surface area contributed by atoms with Crippen molar-refractivity contribution in [3.05, 3.63) is 83.1 Å². The van der Waals surface area contributed by atoms with Gasteiger partial charge in [0.15, 0.2) is 5.16 Å². The summed E-state index contributed by atoms with van der Waals surface area (Å²) in [5, 5.41) is 4.90. The highest BCUT2D eigenvalue weighted by atomic mass is 32.2. The van der Waals surface area contributed by atoms with Crippen LogP contribution < -0.4 is 5.32 Å². The molecule has 0 spiro atoms. The Hall–Kier alpha value is -3.72. The Morgan fingerprint density at radius 3 is 2.66 bits per heavy atom. The number of thioether (sulfide) groups is 1. The van der Waals surface area contributed by atoms with Crippen molar-refractivity contribution in [3.63, 3.8) is 0 Å². The third-order valence-electron chi connectivity index (χ3n) is 7.00. The second kappa shape index (κ2) is 11.8. The molecule has 0 saturated carbocycles. The Morgan fingerprint density at radius 1 is 1.05 bits per heavy atom. The van der Waals surface area contributed by atoms with Gasteiger partial charge in [-0.3, -0.25) is 14.6 Å². The summed E-state index contributed by atoms with van der Waals surface area (Å²) in [5.41, 5.74) is 5.54. The van der Waals surface area contributed by atoms with E-state index in [4.69, 9.17) is 4.98 Å². The monoisotopic (exact) mass is 528 g/mol. The number of aromatic amines is 1. The van der Waals surface area contributed by atoms with Gasteiger partial charge in [-0.2, -0.15) is 0 Å². The van der Waals surface area contributed by atoms with Crippen molar-refractivity contribution in [2.45, 2.75) is 44.2 Å². The number of amides is 2. The zero-order chi connectivity index (χ0) is 26.5. The number of nitrogens with zero attached hydrogens (tertiary/aromatic N) is 4. The number of H-pyrrole nitrogens is 1. The molecule has 0 atom stereocenters. The average Bonchev–Trinajstić information content (AvgIpc) is 3.35.